The Morgan fingerprint density at radius 2 is 2.10 bits per heavy atom. The molecule has 0 radical (unpaired) electrons. The van der Waals surface area contributed by atoms with E-state index in [1.54, 1.807) is 31.3 Å². The monoisotopic (exact) mass is 355 g/mol. The number of aromatic nitrogens is 1. The molecule has 1 aromatic heterocycles. The number of rotatable bonds is 4. The minimum absolute atomic E-state index is 0.172. The van der Waals surface area contributed by atoms with E-state index in [-0.39, 0.29) is 4.90 Å². The normalized spacial score (nSPS) is 11.3. The van der Waals surface area contributed by atoms with Gasteiger partial charge in [-0.1, -0.05) is 6.07 Å². The summed E-state index contributed by atoms with van der Waals surface area (Å²) in [6, 6.07) is 6.55. The lowest BCUT2D eigenvalue weighted by atomic mass is 10.2. The number of pyridine rings is 1. The molecule has 0 fully saturated rings. The standard InChI is InChI=1S/C13H14BrN3O2S/c1-9-8-16-5-4-12(9)17-20(18,19)13-3-2-10(7-15)6-11(13)14/h2-6,8H,7,15H2,1H3,(H,16,17). The smallest absolute Gasteiger partial charge is 0.263 e. The van der Waals surface area contributed by atoms with Gasteiger partial charge in [-0.2, -0.15) is 0 Å². The van der Waals surface area contributed by atoms with Crippen LogP contribution in [0.1, 0.15) is 11.1 Å². The van der Waals surface area contributed by atoms with Gasteiger partial charge in [-0.25, -0.2) is 8.42 Å². The van der Waals surface area contributed by atoms with Crippen molar-refractivity contribution in [3.05, 3.63) is 52.3 Å². The third-order valence-corrected chi connectivity index (χ3v) is 5.13. The highest BCUT2D eigenvalue weighted by Crippen LogP contribution is 2.26. The Bertz CT molecular complexity index is 732. The molecule has 0 aliphatic heterocycles. The van der Waals surface area contributed by atoms with Gasteiger partial charge in [-0.05, 0) is 52.2 Å². The molecule has 0 saturated carbocycles. The molecule has 20 heavy (non-hydrogen) atoms. The van der Waals surface area contributed by atoms with E-state index in [4.69, 9.17) is 5.73 Å². The average Bonchev–Trinajstić information content (AvgIpc) is 2.40. The first-order valence-electron chi connectivity index (χ1n) is 5.86. The molecular weight excluding hydrogens is 342 g/mol. The number of sulfonamides is 1. The SMILES string of the molecule is Cc1cnccc1NS(=O)(=O)c1ccc(CN)cc1Br. The minimum Gasteiger partial charge on any atom is -0.326 e. The van der Waals surface area contributed by atoms with Gasteiger partial charge in [0, 0.05) is 23.4 Å². The van der Waals surface area contributed by atoms with E-state index >= 15 is 0 Å². The van der Waals surface area contributed by atoms with Crippen LogP contribution < -0.4 is 10.5 Å². The number of hydrogen-bond donors (Lipinski definition) is 2. The molecule has 1 heterocycles. The van der Waals surface area contributed by atoms with Crippen LogP contribution >= 0.6 is 15.9 Å². The molecule has 0 bridgehead atoms. The fourth-order valence-electron chi connectivity index (χ4n) is 1.68. The molecule has 0 atom stereocenters. The summed E-state index contributed by atoms with van der Waals surface area (Å²) in [5, 5.41) is 0. The molecule has 2 rings (SSSR count). The predicted octanol–water partition coefficient (Wildman–Crippen LogP) is 2.41. The van der Waals surface area contributed by atoms with Crippen molar-refractivity contribution >= 4 is 31.6 Å². The van der Waals surface area contributed by atoms with Crippen LogP contribution in [0.3, 0.4) is 0 Å². The second-order valence-corrected chi connectivity index (χ2v) is 6.77. The van der Waals surface area contributed by atoms with Gasteiger partial charge in [0.1, 0.15) is 4.90 Å². The second-order valence-electron chi connectivity index (χ2n) is 4.26. The van der Waals surface area contributed by atoms with Crippen LogP contribution in [0.25, 0.3) is 0 Å². The van der Waals surface area contributed by atoms with Crippen LogP contribution in [0.15, 0.2) is 46.0 Å². The van der Waals surface area contributed by atoms with E-state index in [9.17, 15) is 8.42 Å². The quantitative estimate of drug-likeness (QED) is 0.881. The molecule has 5 nitrogen and oxygen atoms in total. The maximum atomic E-state index is 12.4. The molecule has 0 aliphatic carbocycles. The fraction of sp³-hybridized carbons (Fsp3) is 0.154. The van der Waals surface area contributed by atoms with Crippen molar-refractivity contribution < 1.29 is 8.42 Å². The second kappa shape index (κ2) is 5.90. The van der Waals surface area contributed by atoms with Gasteiger partial charge in [0.25, 0.3) is 10.0 Å². The van der Waals surface area contributed by atoms with Gasteiger partial charge in [-0.3, -0.25) is 9.71 Å². The van der Waals surface area contributed by atoms with Crippen LogP contribution in [0.5, 0.6) is 0 Å². The zero-order valence-corrected chi connectivity index (χ0v) is 13.2. The molecule has 0 unspecified atom stereocenters. The maximum absolute atomic E-state index is 12.4. The zero-order chi connectivity index (χ0) is 14.8. The molecule has 3 N–H and O–H groups in total. The first-order chi connectivity index (χ1) is 9.44. The summed E-state index contributed by atoms with van der Waals surface area (Å²) in [4.78, 5) is 4.10. The largest absolute Gasteiger partial charge is 0.326 e. The molecule has 0 amide bonds. The van der Waals surface area contributed by atoms with E-state index in [2.05, 4.69) is 25.6 Å². The summed E-state index contributed by atoms with van der Waals surface area (Å²) in [5.74, 6) is 0. The molecule has 0 saturated heterocycles. The maximum Gasteiger partial charge on any atom is 0.263 e. The number of aryl methyl sites for hydroxylation is 1. The highest BCUT2D eigenvalue weighted by atomic mass is 79.9. The predicted molar refractivity (Wildman–Crippen MR) is 81.8 cm³/mol. The van der Waals surface area contributed by atoms with E-state index in [0.29, 0.717) is 16.7 Å². The topological polar surface area (TPSA) is 85.1 Å². The molecule has 0 aliphatic rings. The van der Waals surface area contributed by atoms with Gasteiger partial charge in [0.2, 0.25) is 0 Å². The van der Waals surface area contributed by atoms with Crippen molar-refractivity contribution in [2.45, 2.75) is 18.4 Å². The number of anilines is 1. The van der Waals surface area contributed by atoms with Crippen LogP contribution in [0.2, 0.25) is 0 Å². The highest BCUT2D eigenvalue weighted by Gasteiger charge is 2.18. The van der Waals surface area contributed by atoms with E-state index < -0.39 is 10.0 Å². The lowest BCUT2D eigenvalue weighted by molar-refractivity contribution is 0.600. The third-order valence-electron chi connectivity index (χ3n) is 2.79. The van der Waals surface area contributed by atoms with Crippen molar-refractivity contribution in [1.82, 2.24) is 4.98 Å². The van der Waals surface area contributed by atoms with E-state index in [1.165, 1.54) is 12.3 Å². The summed E-state index contributed by atoms with van der Waals surface area (Å²) in [5.41, 5.74) is 7.65. The lowest BCUT2D eigenvalue weighted by Crippen LogP contribution is -2.14. The van der Waals surface area contributed by atoms with Crippen LogP contribution in [0, 0.1) is 6.92 Å². The summed E-state index contributed by atoms with van der Waals surface area (Å²) in [6.07, 6.45) is 3.14. The number of halogens is 1. The number of hydrogen-bond acceptors (Lipinski definition) is 4. The van der Waals surface area contributed by atoms with Gasteiger partial charge in [-0.15, -0.1) is 0 Å². The van der Waals surface area contributed by atoms with Gasteiger partial charge in [0.05, 0.1) is 5.69 Å². The summed E-state index contributed by atoms with van der Waals surface area (Å²) >= 11 is 3.27. The molecule has 1 aromatic carbocycles. The molecular formula is C13H14BrN3O2S. The molecule has 7 heteroatoms. The summed E-state index contributed by atoms with van der Waals surface area (Å²) in [7, 11) is -3.66. The molecule has 2 aromatic rings. The molecule has 0 spiro atoms. The first kappa shape index (κ1) is 15.0. The Morgan fingerprint density at radius 3 is 2.70 bits per heavy atom. The Balaban J connectivity index is 2.39. The number of benzene rings is 1. The van der Waals surface area contributed by atoms with Crippen LogP contribution in [-0.4, -0.2) is 13.4 Å². The first-order valence-corrected chi connectivity index (χ1v) is 8.13. The van der Waals surface area contributed by atoms with E-state index in [0.717, 1.165) is 11.1 Å². The highest BCUT2D eigenvalue weighted by molar-refractivity contribution is 9.10. The van der Waals surface area contributed by atoms with Crippen molar-refractivity contribution in [3.63, 3.8) is 0 Å². The van der Waals surface area contributed by atoms with Gasteiger partial charge in [0.15, 0.2) is 0 Å². The number of nitrogens with zero attached hydrogens (tertiary/aromatic N) is 1. The van der Waals surface area contributed by atoms with Gasteiger partial charge < -0.3 is 5.73 Å². The lowest BCUT2D eigenvalue weighted by Gasteiger charge is -2.12. The van der Waals surface area contributed by atoms with Crippen molar-refractivity contribution in [2.24, 2.45) is 5.73 Å². The number of nitrogens with one attached hydrogen (secondary N) is 1. The Morgan fingerprint density at radius 1 is 1.35 bits per heavy atom. The zero-order valence-electron chi connectivity index (χ0n) is 10.8. The van der Waals surface area contributed by atoms with Crippen LogP contribution in [0.4, 0.5) is 5.69 Å². The van der Waals surface area contributed by atoms with Crippen molar-refractivity contribution in [1.29, 1.82) is 0 Å². The fourth-order valence-corrected chi connectivity index (χ4v) is 3.93. The Labute approximate surface area is 126 Å². The third kappa shape index (κ3) is 3.17. The summed E-state index contributed by atoms with van der Waals surface area (Å²) < 4.78 is 27.8. The average molecular weight is 356 g/mol. The summed E-state index contributed by atoms with van der Waals surface area (Å²) in [6.45, 7) is 2.15. The minimum atomic E-state index is -3.66. The van der Waals surface area contributed by atoms with Gasteiger partial charge >= 0.3 is 0 Å². The van der Waals surface area contributed by atoms with Crippen molar-refractivity contribution in [2.75, 3.05) is 4.72 Å². The number of nitrogens with two attached hydrogens (primary N) is 1. The Hall–Kier alpha value is -1.44. The van der Waals surface area contributed by atoms with Crippen LogP contribution in [-0.2, 0) is 16.6 Å². The van der Waals surface area contributed by atoms with Crippen molar-refractivity contribution in [3.8, 4) is 0 Å². The Kier molecular flexibility index (Phi) is 4.42. The molecule has 106 valence electrons. The van der Waals surface area contributed by atoms with E-state index in [1.807, 2.05) is 0 Å².